The number of esters is 1. The van der Waals surface area contributed by atoms with Gasteiger partial charge in [0.1, 0.15) is 4.60 Å². The molecule has 1 aromatic heterocycles. The zero-order valence-corrected chi connectivity index (χ0v) is 11.4. The van der Waals surface area contributed by atoms with Crippen molar-refractivity contribution in [3.63, 3.8) is 0 Å². The van der Waals surface area contributed by atoms with Crippen LogP contribution in [0.5, 0.6) is 0 Å². The van der Waals surface area contributed by atoms with Crippen LogP contribution in [0.1, 0.15) is 17.4 Å². The molecular weight excluding hydrogens is 288 g/mol. The van der Waals surface area contributed by atoms with Gasteiger partial charge in [-0.2, -0.15) is 0 Å². The van der Waals surface area contributed by atoms with Crippen LogP contribution in [0, 0.1) is 0 Å². The first-order valence-corrected chi connectivity index (χ1v) is 6.04. The lowest BCUT2D eigenvalue weighted by atomic mass is 10.3. The second-order valence-corrected chi connectivity index (χ2v) is 3.98. The van der Waals surface area contributed by atoms with Crippen molar-refractivity contribution in [1.29, 1.82) is 0 Å². The number of rotatable bonds is 6. The average Bonchev–Trinajstić information content (AvgIpc) is 2.31. The molecule has 0 radical (unpaired) electrons. The van der Waals surface area contributed by atoms with Crippen molar-refractivity contribution in [3.8, 4) is 0 Å². The number of nitrogens with zero attached hydrogens (tertiary/aromatic N) is 1. The van der Waals surface area contributed by atoms with Gasteiger partial charge in [-0.15, -0.1) is 0 Å². The van der Waals surface area contributed by atoms with Crippen LogP contribution in [0.25, 0.3) is 0 Å². The van der Waals surface area contributed by atoms with E-state index in [2.05, 4.69) is 26.2 Å². The number of nitrogens with one attached hydrogen (secondary N) is 1. The van der Waals surface area contributed by atoms with E-state index in [1.165, 1.54) is 0 Å². The van der Waals surface area contributed by atoms with Gasteiger partial charge in [0.2, 0.25) is 0 Å². The van der Waals surface area contributed by atoms with Crippen molar-refractivity contribution < 1.29 is 14.3 Å². The van der Waals surface area contributed by atoms with Crippen LogP contribution < -0.4 is 5.32 Å². The third-order valence-electron chi connectivity index (χ3n) is 1.95. The first kappa shape index (κ1) is 13.9. The molecule has 0 atom stereocenters. The minimum atomic E-state index is -0.436. The molecule has 6 heteroatoms. The van der Waals surface area contributed by atoms with E-state index in [1.807, 2.05) is 0 Å². The number of carbonyl (C=O) groups excluding carboxylic acids is 1. The van der Waals surface area contributed by atoms with E-state index in [0.717, 1.165) is 0 Å². The molecule has 1 N–H and O–H groups in total. The Kier molecular flexibility index (Phi) is 5.93. The summed E-state index contributed by atoms with van der Waals surface area (Å²) in [7, 11) is 1.62. The molecule has 0 aliphatic rings. The smallest absolute Gasteiger partial charge is 0.359 e. The van der Waals surface area contributed by atoms with Crippen LogP contribution in [0.15, 0.2) is 16.7 Å². The van der Waals surface area contributed by atoms with E-state index < -0.39 is 5.97 Å². The highest BCUT2D eigenvalue weighted by atomic mass is 79.9. The molecule has 0 spiro atoms. The summed E-state index contributed by atoms with van der Waals surface area (Å²) in [5.41, 5.74) is 0.918. The topological polar surface area (TPSA) is 60.5 Å². The Morgan fingerprint density at radius 1 is 1.53 bits per heavy atom. The van der Waals surface area contributed by atoms with Gasteiger partial charge in [0.15, 0.2) is 5.69 Å². The number of pyridine rings is 1. The molecule has 0 aromatic carbocycles. The van der Waals surface area contributed by atoms with Crippen LogP contribution in [0.4, 0.5) is 5.69 Å². The first-order valence-electron chi connectivity index (χ1n) is 5.25. The zero-order chi connectivity index (χ0) is 12.7. The number of ether oxygens (including phenoxy) is 2. The van der Waals surface area contributed by atoms with Crippen LogP contribution >= 0.6 is 15.9 Å². The molecule has 0 fully saturated rings. The molecular formula is C11H15BrN2O3. The number of methoxy groups -OCH3 is 1. The average molecular weight is 303 g/mol. The fourth-order valence-electron chi connectivity index (χ4n) is 1.22. The maximum absolute atomic E-state index is 11.7. The Bertz CT molecular complexity index is 385. The number of carbonyl (C=O) groups is 1. The maximum Gasteiger partial charge on any atom is 0.359 e. The van der Waals surface area contributed by atoms with Gasteiger partial charge < -0.3 is 14.8 Å². The molecule has 0 aliphatic heterocycles. The van der Waals surface area contributed by atoms with Crippen molar-refractivity contribution >= 4 is 27.6 Å². The minimum Gasteiger partial charge on any atom is -0.461 e. The number of aromatic nitrogens is 1. The molecule has 17 heavy (non-hydrogen) atoms. The molecule has 0 saturated heterocycles. The third-order valence-corrected chi connectivity index (χ3v) is 2.39. The van der Waals surface area contributed by atoms with Crippen molar-refractivity contribution in [2.75, 3.05) is 32.2 Å². The van der Waals surface area contributed by atoms with Crippen molar-refractivity contribution in [1.82, 2.24) is 4.98 Å². The second kappa shape index (κ2) is 7.24. The summed E-state index contributed by atoms with van der Waals surface area (Å²) in [4.78, 5) is 15.8. The van der Waals surface area contributed by atoms with Gasteiger partial charge in [0, 0.05) is 13.7 Å². The van der Waals surface area contributed by atoms with Gasteiger partial charge >= 0.3 is 5.97 Å². The zero-order valence-electron chi connectivity index (χ0n) is 9.83. The quantitative estimate of drug-likeness (QED) is 0.495. The lowest BCUT2D eigenvalue weighted by Gasteiger charge is -2.10. The molecule has 0 aliphatic carbocycles. The van der Waals surface area contributed by atoms with Gasteiger partial charge in [-0.3, -0.25) is 0 Å². The number of hydrogen-bond donors (Lipinski definition) is 1. The Labute approximate surface area is 109 Å². The van der Waals surface area contributed by atoms with Crippen LogP contribution in [-0.2, 0) is 9.47 Å². The van der Waals surface area contributed by atoms with Crippen molar-refractivity contribution in [2.45, 2.75) is 6.92 Å². The molecule has 94 valence electrons. The Hall–Kier alpha value is -1.14. The van der Waals surface area contributed by atoms with Gasteiger partial charge in [0.05, 0.1) is 18.9 Å². The van der Waals surface area contributed by atoms with E-state index >= 15 is 0 Å². The Morgan fingerprint density at radius 3 is 2.94 bits per heavy atom. The standard InChI is InChI=1S/C11H15BrN2O3/c1-3-17-11(15)10-8(13-6-7-16-2)4-5-9(12)14-10/h4-5,13H,3,6-7H2,1-2H3. The van der Waals surface area contributed by atoms with Crippen LogP contribution in [0.3, 0.4) is 0 Å². The van der Waals surface area contributed by atoms with Gasteiger partial charge in [-0.1, -0.05) is 0 Å². The Balaban J connectivity index is 2.83. The molecule has 5 nitrogen and oxygen atoms in total. The monoisotopic (exact) mass is 302 g/mol. The first-order chi connectivity index (χ1) is 8.19. The normalized spacial score (nSPS) is 10.1. The van der Waals surface area contributed by atoms with E-state index in [9.17, 15) is 4.79 Å². The number of halogens is 1. The summed E-state index contributed by atoms with van der Waals surface area (Å²) in [6.07, 6.45) is 0. The maximum atomic E-state index is 11.7. The van der Waals surface area contributed by atoms with Crippen molar-refractivity contribution in [3.05, 3.63) is 22.4 Å². The van der Waals surface area contributed by atoms with Gasteiger partial charge in [0.25, 0.3) is 0 Å². The molecule has 0 amide bonds. The number of hydrogen-bond acceptors (Lipinski definition) is 5. The van der Waals surface area contributed by atoms with Crippen LogP contribution in [-0.4, -0.2) is 37.8 Å². The molecule has 1 heterocycles. The molecule has 0 saturated carbocycles. The largest absolute Gasteiger partial charge is 0.461 e. The highest BCUT2D eigenvalue weighted by Crippen LogP contribution is 2.18. The summed E-state index contributed by atoms with van der Waals surface area (Å²) >= 11 is 3.23. The minimum absolute atomic E-state index is 0.275. The van der Waals surface area contributed by atoms with Gasteiger partial charge in [-0.25, -0.2) is 9.78 Å². The molecule has 1 aromatic rings. The molecule has 1 rings (SSSR count). The summed E-state index contributed by atoms with van der Waals surface area (Å²) in [6, 6.07) is 3.54. The third kappa shape index (κ3) is 4.32. The predicted octanol–water partition coefficient (Wildman–Crippen LogP) is 2.08. The SMILES string of the molecule is CCOC(=O)c1nc(Br)ccc1NCCOC. The highest BCUT2D eigenvalue weighted by Gasteiger charge is 2.14. The predicted molar refractivity (Wildman–Crippen MR) is 68.3 cm³/mol. The second-order valence-electron chi connectivity index (χ2n) is 3.17. The molecule has 0 bridgehead atoms. The lowest BCUT2D eigenvalue weighted by Crippen LogP contribution is -2.14. The summed E-state index contributed by atoms with van der Waals surface area (Å²) < 4.78 is 10.5. The summed E-state index contributed by atoms with van der Waals surface area (Å²) in [5, 5.41) is 3.07. The summed E-state index contributed by atoms with van der Waals surface area (Å²) in [6.45, 7) is 3.24. The van der Waals surface area contributed by atoms with Gasteiger partial charge in [-0.05, 0) is 35.0 Å². The number of anilines is 1. The van der Waals surface area contributed by atoms with Crippen molar-refractivity contribution in [2.24, 2.45) is 0 Å². The lowest BCUT2D eigenvalue weighted by molar-refractivity contribution is 0.0520. The van der Waals surface area contributed by atoms with E-state index in [1.54, 1.807) is 26.2 Å². The van der Waals surface area contributed by atoms with E-state index in [-0.39, 0.29) is 5.69 Å². The summed E-state index contributed by atoms with van der Waals surface area (Å²) in [5.74, 6) is -0.436. The van der Waals surface area contributed by atoms with E-state index in [0.29, 0.717) is 30.0 Å². The Morgan fingerprint density at radius 2 is 2.29 bits per heavy atom. The highest BCUT2D eigenvalue weighted by molar-refractivity contribution is 9.10. The molecule has 0 unspecified atom stereocenters. The van der Waals surface area contributed by atoms with E-state index in [4.69, 9.17) is 9.47 Å². The fraction of sp³-hybridized carbons (Fsp3) is 0.455. The fourth-order valence-corrected chi connectivity index (χ4v) is 1.53. The van der Waals surface area contributed by atoms with Crippen LogP contribution in [0.2, 0.25) is 0 Å².